The predicted octanol–water partition coefficient (Wildman–Crippen LogP) is 0.802. The third-order valence-electron chi connectivity index (χ3n) is 1.88. The number of hydrogen-bond acceptors (Lipinski definition) is 8. The van der Waals surface area contributed by atoms with Crippen molar-refractivity contribution in [1.29, 1.82) is 0 Å². The van der Waals surface area contributed by atoms with Gasteiger partial charge in [0.15, 0.2) is 0 Å². The number of rotatable bonds is 4. The molecule has 0 atom stereocenters. The fourth-order valence-electron chi connectivity index (χ4n) is 1.14. The van der Waals surface area contributed by atoms with Gasteiger partial charge in [0.1, 0.15) is 9.09 Å². The van der Waals surface area contributed by atoms with E-state index in [-0.39, 0.29) is 14.2 Å². The van der Waals surface area contributed by atoms with Gasteiger partial charge in [-0.15, -0.1) is 11.3 Å². The summed E-state index contributed by atoms with van der Waals surface area (Å²) in [7, 11) is -3.85. The lowest BCUT2D eigenvalue weighted by Crippen LogP contribution is -2.11. The van der Waals surface area contributed by atoms with Crippen LogP contribution < -0.4 is 4.72 Å². The first-order valence-electron chi connectivity index (χ1n) is 4.42. The molecule has 0 unspecified atom stereocenters. The second-order valence-electron chi connectivity index (χ2n) is 3.16. The molecule has 0 aliphatic carbocycles. The number of carboxylic acids is 1. The highest BCUT2D eigenvalue weighted by Gasteiger charge is 2.22. The van der Waals surface area contributed by atoms with Gasteiger partial charge in [-0.25, -0.2) is 13.2 Å². The predicted molar refractivity (Wildman–Crippen MR) is 64.5 cm³/mol. The Morgan fingerprint density at radius 3 is 2.72 bits per heavy atom. The summed E-state index contributed by atoms with van der Waals surface area (Å²) >= 11 is 1.47. The van der Waals surface area contributed by atoms with Crippen LogP contribution in [0.4, 0.5) is 5.13 Å². The van der Waals surface area contributed by atoms with Gasteiger partial charge in [-0.3, -0.25) is 4.72 Å². The Kier molecular flexibility index (Phi) is 3.28. The van der Waals surface area contributed by atoms with Crippen molar-refractivity contribution in [1.82, 2.24) is 14.8 Å². The van der Waals surface area contributed by atoms with Crippen LogP contribution in [0, 0.1) is 6.92 Å². The second-order valence-corrected chi connectivity index (χ2v) is 6.85. The number of nitrogens with one attached hydrogen (secondary N) is 1. The number of aryl methyl sites for hydroxylation is 1. The molecule has 2 aromatic rings. The zero-order valence-electron chi connectivity index (χ0n) is 8.82. The number of hydrogen-bond donors (Lipinski definition) is 2. The minimum absolute atomic E-state index is 0.00855. The van der Waals surface area contributed by atoms with Gasteiger partial charge in [-0.2, -0.15) is 0 Å². The van der Waals surface area contributed by atoms with Gasteiger partial charge >= 0.3 is 5.97 Å². The van der Waals surface area contributed by atoms with E-state index in [1.165, 1.54) is 13.0 Å². The summed E-state index contributed by atoms with van der Waals surface area (Å²) in [6.07, 6.45) is 0. The van der Waals surface area contributed by atoms with Crippen molar-refractivity contribution in [3.05, 3.63) is 16.5 Å². The SMILES string of the molecule is Cc1cc(S(=O)(=O)Nc2nnns2)sc1C(=O)O. The number of carbonyl (C=O) groups is 1. The Morgan fingerprint density at radius 1 is 1.50 bits per heavy atom. The van der Waals surface area contributed by atoms with E-state index in [1.807, 2.05) is 0 Å². The summed E-state index contributed by atoms with van der Waals surface area (Å²) in [5.41, 5.74) is 0.392. The summed E-state index contributed by atoms with van der Waals surface area (Å²) < 4.78 is 29.3. The van der Waals surface area contributed by atoms with E-state index in [0.29, 0.717) is 16.9 Å². The van der Waals surface area contributed by atoms with Crippen LogP contribution in [0.25, 0.3) is 0 Å². The van der Waals surface area contributed by atoms with Gasteiger partial charge < -0.3 is 5.11 Å². The summed E-state index contributed by atoms with van der Waals surface area (Å²) in [6, 6.07) is 1.30. The molecule has 2 N–H and O–H groups in total. The number of thiophene rings is 1. The van der Waals surface area contributed by atoms with Gasteiger partial charge in [0.2, 0.25) is 5.13 Å². The van der Waals surface area contributed by atoms with Crippen molar-refractivity contribution in [3.8, 4) is 0 Å². The second kappa shape index (κ2) is 4.59. The first-order valence-corrected chi connectivity index (χ1v) is 7.49. The Balaban J connectivity index is 2.36. The van der Waals surface area contributed by atoms with E-state index in [4.69, 9.17) is 5.11 Å². The lowest BCUT2D eigenvalue weighted by atomic mass is 10.3. The molecule has 2 heterocycles. The molecule has 0 saturated heterocycles. The van der Waals surface area contributed by atoms with E-state index >= 15 is 0 Å². The Morgan fingerprint density at radius 2 is 2.22 bits per heavy atom. The van der Waals surface area contributed by atoms with Crippen LogP contribution >= 0.6 is 22.9 Å². The molecular weight excluding hydrogens is 300 g/mol. The molecule has 2 aromatic heterocycles. The molecule has 0 bridgehead atoms. The fourth-order valence-corrected chi connectivity index (χ4v) is 4.10. The normalized spacial score (nSPS) is 11.4. The van der Waals surface area contributed by atoms with Crippen molar-refractivity contribution in [2.45, 2.75) is 11.1 Å². The van der Waals surface area contributed by atoms with E-state index in [9.17, 15) is 13.2 Å². The first kappa shape index (κ1) is 12.9. The molecule has 0 aliphatic heterocycles. The quantitative estimate of drug-likeness (QED) is 0.856. The van der Waals surface area contributed by atoms with E-state index in [2.05, 4.69) is 19.5 Å². The molecule has 2 rings (SSSR count). The van der Waals surface area contributed by atoms with Gasteiger partial charge in [0.05, 0.1) is 0 Å². The summed E-state index contributed by atoms with van der Waals surface area (Å²) in [5, 5.41) is 15.6. The molecule has 0 amide bonds. The van der Waals surface area contributed by atoms with Crippen LogP contribution in [0.3, 0.4) is 0 Å². The molecule has 0 saturated carbocycles. The zero-order valence-corrected chi connectivity index (χ0v) is 11.3. The van der Waals surface area contributed by atoms with E-state index in [0.717, 1.165) is 11.5 Å². The van der Waals surface area contributed by atoms with Gasteiger partial charge in [0.25, 0.3) is 10.0 Å². The maximum absolute atomic E-state index is 11.9. The van der Waals surface area contributed by atoms with Gasteiger partial charge in [-0.1, -0.05) is 9.59 Å². The molecule has 0 fully saturated rings. The standard InChI is InChI=1S/C7H6N4O4S3/c1-3-2-4(16-5(3)6(12)13)18(14,15)9-7-8-10-11-17-7/h2H,1H3,(H,12,13)(H,8,9,11). The maximum atomic E-state index is 11.9. The van der Waals surface area contributed by atoms with Crippen molar-refractivity contribution in [2.24, 2.45) is 0 Å². The number of carboxylic acid groups (broad SMARTS) is 1. The average Bonchev–Trinajstić information content (AvgIpc) is 2.86. The molecule has 0 spiro atoms. The first-order chi connectivity index (χ1) is 8.40. The Bertz CT molecular complexity index is 676. The highest BCUT2D eigenvalue weighted by atomic mass is 32.2. The third kappa shape index (κ3) is 2.47. The highest BCUT2D eigenvalue weighted by molar-refractivity contribution is 7.94. The highest BCUT2D eigenvalue weighted by Crippen LogP contribution is 2.27. The smallest absolute Gasteiger partial charge is 0.346 e. The fraction of sp³-hybridized carbons (Fsp3) is 0.143. The van der Waals surface area contributed by atoms with Crippen molar-refractivity contribution < 1.29 is 18.3 Å². The average molecular weight is 306 g/mol. The molecule has 18 heavy (non-hydrogen) atoms. The third-order valence-corrected chi connectivity index (χ3v) is 5.55. The maximum Gasteiger partial charge on any atom is 0.346 e. The van der Waals surface area contributed by atoms with E-state index < -0.39 is 16.0 Å². The number of aromatic carboxylic acids is 1. The molecule has 11 heteroatoms. The molecule has 0 aromatic carbocycles. The van der Waals surface area contributed by atoms with Crippen molar-refractivity contribution >= 4 is 44.0 Å². The largest absolute Gasteiger partial charge is 0.477 e. The van der Waals surface area contributed by atoms with Crippen LogP contribution in [0.15, 0.2) is 10.3 Å². The number of aromatic nitrogens is 3. The minimum Gasteiger partial charge on any atom is -0.477 e. The minimum atomic E-state index is -3.85. The molecule has 0 radical (unpaired) electrons. The summed E-state index contributed by atoms with van der Waals surface area (Å²) in [4.78, 5) is 10.8. The van der Waals surface area contributed by atoms with Gasteiger partial charge in [0, 0.05) is 11.5 Å². The van der Waals surface area contributed by atoms with E-state index in [1.54, 1.807) is 0 Å². The molecular formula is C7H6N4O4S3. The summed E-state index contributed by atoms with van der Waals surface area (Å²) in [6.45, 7) is 1.53. The van der Waals surface area contributed by atoms with Crippen molar-refractivity contribution in [3.63, 3.8) is 0 Å². The van der Waals surface area contributed by atoms with Crippen LogP contribution in [-0.2, 0) is 10.0 Å². The van der Waals surface area contributed by atoms with Crippen LogP contribution in [0.5, 0.6) is 0 Å². The van der Waals surface area contributed by atoms with Crippen molar-refractivity contribution in [2.75, 3.05) is 4.72 Å². The number of anilines is 1. The Labute approximate surface area is 110 Å². The topological polar surface area (TPSA) is 122 Å². The number of sulfonamides is 1. The van der Waals surface area contributed by atoms with Crippen LogP contribution in [0.2, 0.25) is 0 Å². The molecule has 0 aliphatic rings. The van der Waals surface area contributed by atoms with Crippen LogP contribution in [0.1, 0.15) is 15.2 Å². The Hall–Kier alpha value is -1.59. The lowest BCUT2D eigenvalue weighted by Gasteiger charge is -1.99. The molecule has 8 nitrogen and oxygen atoms in total. The molecule has 96 valence electrons. The monoisotopic (exact) mass is 306 g/mol. The van der Waals surface area contributed by atoms with Gasteiger partial charge in [-0.05, 0) is 23.8 Å². The van der Waals surface area contributed by atoms with Crippen LogP contribution in [-0.4, -0.2) is 34.3 Å². The summed E-state index contributed by atoms with van der Waals surface area (Å²) in [5.74, 6) is -1.16. The number of nitrogens with zero attached hydrogens (tertiary/aromatic N) is 3. The lowest BCUT2D eigenvalue weighted by molar-refractivity contribution is 0.0701. The zero-order chi connectivity index (χ0) is 13.3.